The number of rotatable bonds is 2. The van der Waals surface area contributed by atoms with Crippen molar-refractivity contribution in [3.05, 3.63) is 45.9 Å². The summed E-state index contributed by atoms with van der Waals surface area (Å²) in [7, 11) is 0. The average Bonchev–Trinajstić information content (AvgIpc) is 3.03. The maximum atomic E-state index is 14.4. The molecule has 2 aromatic rings. The fourth-order valence-electron chi connectivity index (χ4n) is 3.93. The first-order valence-corrected chi connectivity index (χ1v) is 10.2. The third kappa shape index (κ3) is 3.64. The van der Waals surface area contributed by atoms with Crippen LogP contribution in [0.1, 0.15) is 33.2 Å². The number of benzene rings is 1. The van der Waals surface area contributed by atoms with E-state index in [2.05, 4.69) is 4.98 Å². The SMILES string of the molecule is Cc1nc(C)c(C(=O)N2CCC3(CC2)CN(c2ccccc2)C(=O)C(F)(F)O3)s1. The van der Waals surface area contributed by atoms with Gasteiger partial charge in [-0.05, 0) is 38.8 Å². The zero-order valence-corrected chi connectivity index (χ0v) is 17.0. The molecule has 9 heteroatoms. The largest absolute Gasteiger partial charge is 0.437 e. The highest BCUT2D eigenvalue weighted by atomic mass is 32.1. The van der Waals surface area contributed by atoms with Crippen molar-refractivity contribution in [2.24, 2.45) is 0 Å². The molecule has 2 amide bonds. The van der Waals surface area contributed by atoms with Crippen LogP contribution in [0.4, 0.5) is 14.5 Å². The van der Waals surface area contributed by atoms with E-state index in [0.29, 0.717) is 16.3 Å². The number of thiazole rings is 1. The van der Waals surface area contributed by atoms with Gasteiger partial charge in [0.1, 0.15) is 4.88 Å². The molecule has 1 aromatic heterocycles. The molecule has 1 aromatic carbocycles. The summed E-state index contributed by atoms with van der Waals surface area (Å²) in [6, 6.07) is 8.41. The van der Waals surface area contributed by atoms with E-state index in [1.165, 1.54) is 11.3 Å². The Balaban J connectivity index is 1.53. The molecular formula is C20H21F2N3O3S. The maximum absolute atomic E-state index is 14.4. The molecule has 154 valence electrons. The van der Waals surface area contributed by atoms with Crippen molar-refractivity contribution in [3.8, 4) is 0 Å². The van der Waals surface area contributed by atoms with E-state index in [9.17, 15) is 18.4 Å². The number of aryl methyl sites for hydroxylation is 2. The van der Waals surface area contributed by atoms with Crippen molar-refractivity contribution in [3.63, 3.8) is 0 Å². The predicted octanol–water partition coefficient (Wildman–Crippen LogP) is 3.39. The first-order valence-electron chi connectivity index (χ1n) is 9.39. The minimum Gasteiger partial charge on any atom is -0.338 e. The summed E-state index contributed by atoms with van der Waals surface area (Å²) in [6.07, 6.45) is -3.45. The second-order valence-electron chi connectivity index (χ2n) is 7.47. The van der Waals surface area contributed by atoms with Crippen LogP contribution in [-0.4, -0.2) is 53.0 Å². The van der Waals surface area contributed by atoms with Gasteiger partial charge in [0, 0.05) is 18.8 Å². The van der Waals surface area contributed by atoms with E-state index in [-0.39, 0.29) is 38.4 Å². The van der Waals surface area contributed by atoms with Crippen LogP contribution in [0.5, 0.6) is 0 Å². The van der Waals surface area contributed by atoms with Gasteiger partial charge in [0.25, 0.3) is 5.91 Å². The minimum absolute atomic E-state index is 0.0339. The van der Waals surface area contributed by atoms with Gasteiger partial charge in [-0.3, -0.25) is 9.59 Å². The molecule has 2 aliphatic heterocycles. The minimum atomic E-state index is -3.90. The normalized spacial score (nSPS) is 20.9. The summed E-state index contributed by atoms with van der Waals surface area (Å²) in [5, 5.41) is 0.812. The van der Waals surface area contributed by atoms with Crippen molar-refractivity contribution in [1.82, 2.24) is 9.88 Å². The first kappa shape index (κ1) is 19.9. The van der Waals surface area contributed by atoms with Crippen molar-refractivity contribution in [1.29, 1.82) is 0 Å². The van der Waals surface area contributed by atoms with E-state index in [4.69, 9.17) is 4.74 Å². The number of nitrogens with zero attached hydrogens (tertiary/aromatic N) is 3. The Kier molecular flexibility index (Phi) is 4.90. The molecule has 0 atom stereocenters. The number of aromatic nitrogens is 1. The monoisotopic (exact) mass is 421 g/mol. The highest BCUT2D eigenvalue weighted by Crippen LogP contribution is 2.40. The number of alkyl halides is 2. The van der Waals surface area contributed by atoms with E-state index in [1.54, 1.807) is 42.2 Å². The van der Waals surface area contributed by atoms with Gasteiger partial charge in [-0.2, -0.15) is 8.78 Å². The summed E-state index contributed by atoms with van der Waals surface area (Å²) in [5.41, 5.74) is -0.101. The van der Waals surface area contributed by atoms with Crippen LogP contribution in [0.15, 0.2) is 30.3 Å². The lowest BCUT2D eigenvalue weighted by Crippen LogP contribution is -2.65. The molecule has 4 rings (SSSR count). The lowest BCUT2D eigenvalue weighted by Gasteiger charge is -2.48. The number of para-hydroxylation sites is 1. The summed E-state index contributed by atoms with van der Waals surface area (Å²) in [6.45, 7) is 4.22. The molecule has 0 saturated carbocycles. The Labute approximate surface area is 171 Å². The fourth-order valence-corrected chi connectivity index (χ4v) is 4.82. The highest BCUT2D eigenvalue weighted by molar-refractivity contribution is 7.13. The number of piperidine rings is 1. The molecule has 1 spiro atoms. The van der Waals surface area contributed by atoms with E-state index < -0.39 is 17.6 Å². The molecule has 29 heavy (non-hydrogen) atoms. The Bertz CT molecular complexity index is 940. The number of likely N-dealkylation sites (tertiary alicyclic amines) is 1. The Morgan fingerprint density at radius 2 is 1.83 bits per heavy atom. The second kappa shape index (κ2) is 7.14. The molecule has 0 N–H and O–H groups in total. The third-order valence-electron chi connectivity index (χ3n) is 5.41. The number of amides is 2. The van der Waals surface area contributed by atoms with Crippen LogP contribution in [0, 0.1) is 13.8 Å². The van der Waals surface area contributed by atoms with Gasteiger partial charge in [0.05, 0.1) is 22.8 Å². The number of anilines is 1. The summed E-state index contributed by atoms with van der Waals surface area (Å²) < 4.78 is 33.9. The van der Waals surface area contributed by atoms with Gasteiger partial charge in [-0.1, -0.05) is 18.2 Å². The summed E-state index contributed by atoms with van der Waals surface area (Å²) in [4.78, 5) is 32.7. The second-order valence-corrected chi connectivity index (χ2v) is 8.67. The molecule has 3 heterocycles. The quantitative estimate of drug-likeness (QED) is 0.746. The van der Waals surface area contributed by atoms with Gasteiger partial charge in [0.15, 0.2) is 0 Å². The van der Waals surface area contributed by atoms with Crippen LogP contribution in [0.2, 0.25) is 0 Å². The molecule has 0 unspecified atom stereocenters. The molecular weight excluding hydrogens is 400 g/mol. The Morgan fingerprint density at radius 1 is 1.17 bits per heavy atom. The number of halogens is 2. The molecule has 0 bridgehead atoms. The fraction of sp³-hybridized carbons (Fsp3) is 0.450. The van der Waals surface area contributed by atoms with Gasteiger partial charge < -0.3 is 14.5 Å². The maximum Gasteiger partial charge on any atom is 0.437 e. The summed E-state index contributed by atoms with van der Waals surface area (Å²) in [5.74, 6) is -1.50. The number of ether oxygens (including phenoxy) is 1. The number of hydrogen-bond donors (Lipinski definition) is 0. The van der Waals surface area contributed by atoms with E-state index in [0.717, 1.165) is 9.91 Å². The molecule has 2 saturated heterocycles. The number of carbonyl (C=O) groups is 2. The van der Waals surface area contributed by atoms with Crippen molar-refractivity contribution in [2.45, 2.75) is 38.4 Å². The van der Waals surface area contributed by atoms with Gasteiger partial charge in [0.2, 0.25) is 0 Å². The molecule has 0 radical (unpaired) electrons. The average molecular weight is 421 g/mol. The van der Waals surface area contributed by atoms with Crippen LogP contribution in [0.3, 0.4) is 0 Å². The van der Waals surface area contributed by atoms with Crippen molar-refractivity contribution in [2.75, 3.05) is 24.5 Å². The zero-order chi connectivity index (χ0) is 20.8. The topological polar surface area (TPSA) is 62.7 Å². The van der Waals surface area contributed by atoms with Crippen LogP contribution < -0.4 is 4.90 Å². The Morgan fingerprint density at radius 3 is 2.41 bits per heavy atom. The van der Waals surface area contributed by atoms with E-state index >= 15 is 0 Å². The zero-order valence-electron chi connectivity index (χ0n) is 16.2. The number of morpholine rings is 1. The standard InChI is InChI=1S/C20H21F2N3O3S/c1-13-16(29-14(2)23-13)17(26)24-10-8-19(9-11-24)12-25(15-6-4-3-5-7-15)18(27)20(21,22)28-19/h3-7H,8-12H2,1-2H3. The molecule has 6 nitrogen and oxygen atoms in total. The summed E-state index contributed by atoms with van der Waals surface area (Å²) >= 11 is 1.33. The van der Waals surface area contributed by atoms with Gasteiger partial charge >= 0.3 is 12.0 Å². The van der Waals surface area contributed by atoms with Gasteiger partial charge in [-0.15, -0.1) is 11.3 Å². The predicted molar refractivity (Wildman–Crippen MR) is 104 cm³/mol. The highest BCUT2D eigenvalue weighted by Gasteiger charge is 2.57. The molecule has 2 aliphatic rings. The Hall–Kier alpha value is -2.39. The molecule has 0 aliphatic carbocycles. The first-order chi connectivity index (χ1) is 13.7. The van der Waals surface area contributed by atoms with E-state index in [1.807, 2.05) is 6.92 Å². The number of hydrogen-bond acceptors (Lipinski definition) is 5. The van der Waals surface area contributed by atoms with Crippen LogP contribution >= 0.6 is 11.3 Å². The molecule has 2 fully saturated rings. The lowest BCUT2D eigenvalue weighted by atomic mass is 9.88. The smallest absolute Gasteiger partial charge is 0.338 e. The van der Waals surface area contributed by atoms with Crippen LogP contribution in [0.25, 0.3) is 0 Å². The van der Waals surface area contributed by atoms with Crippen molar-refractivity contribution >= 4 is 28.8 Å². The van der Waals surface area contributed by atoms with Crippen LogP contribution in [-0.2, 0) is 9.53 Å². The lowest BCUT2D eigenvalue weighted by molar-refractivity contribution is -0.292. The van der Waals surface area contributed by atoms with Gasteiger partial charge in [-0.25, -0.2) is 4.98 Å². The van der Waals surface area contributed by atoms with Crippen molar-refractivity contribution < 1.29 is 23.1 Å². The number of carbonyl (C=O) groups excluding carboxylic acids is 2. The third-order valence-corrected chi connectivity index (χ3v) is 6.47.